The number of piperazine rings is 1. The van der Waals surface area contributed by atoms with E-state index in [1.165, 1.54) is 6.08 Å². The second-order valence-corrected chi connectivity index (χ2v) is 10.9. The average Bonchev–Trinajstić information content (AvgIpc) is 2.95. The van der Waals surface area contributed by atoms with Crippen LogP contribution < -0.4 is 10.6 Å². The van der Waals surface area contributed by atoms with Crippen molar-refractivity contribution in [1.82, 2.24) is 19.4 Å². The molecule has 2 aliphatic rings. The van der Waals surface area contributed by atoms with E-state index in [4.69, 9.17) is 16.6 Å². The molecule has 2 aromatic carbocycles. The number of nitrogens with zero attached hydrogens (tertiary/aromatic N) is 5. The first-order chi connectivity index (χ1) is 19.4. The van der Waals surface area contributed by atoms with Crippen LogP contribution in [0.3, 0.4) is 0 Å². The van der Waals surface area contributed by atoms with Gasteiger partial charge in [0.1, 0.15) is 5.82 Å². The van der Waals surface area contributed by atoms with Gasteiger partial charge in [-0.3, -0.25) is 4.79 Å². The monoisotopic (exact) mass is 551 g/mol. The van der Waals surface area contributed by atoms with Gasteiger partial charge in [0.05, 0.1) is 21.8 Å². The summed E-state index contributed by atoms with van der Waals surface area (Å²) in [7, 11) is 0. The number of aromatic nitrogens is 3. The molecule has 2 aliphatic heterocycles. The lowest BCUT2D eigenvalue weighted by molar-refractivity contribution is -0.128. The number of carbonyl (C=O) groups excluding carboxylic acids is 1. The maximum absolute atomic E-state index is 13.9. The summed E-state index contributed by atoms with van der Waals surface area (Å²) in [5.41, 5.74) is 4.52. The molecule has 0 unspecified atom stereocenters. The molecule has 4 aromatic rings. The summed E-state index contributed by atoms with van der Waals surface area (Å²) in [5, 5.41) is 1.18. The molecule has 6 rings (SSSR count). The van der Waals surface area contributed by atoms with Crippen LogP contribution in [0.25, 0.3) is 28.0 Å². The highest BCUT2D eigenvalue weighted by Gasteiger charge is 2.33. The Bertz CT molecular complexity index is 1740. The van der Waals surface area contributed by atoms with Gasteiger partial charge in [0.25, 0.3) is 0 Å². The number of carbonyl (C=O) groups is 1. The number of pyridine rings is 1. The van der Waals surface area contributed by atoms with E-state index in [2.05, 4.69) is 34.7 Å². The van der Waals surface area contributed by atoms with Gasteiger partial charge < -0.3 is 9.80 Å². The van der Waals surface area contributed by atoms with Crippen LogP contribution >= 0.6 is 11.6 Å². The van der Waals surface area contributed by atoms with E-state index >= 15 is 0 Å². The Kier molecular flexibility index (Phi) is 6.76. The smallest absolute Gasteiger partial charge is 0.349 e. The Morgan fingerprint density at radius 2 is 1.68 bits per heavy atom. The number of benzene rings is 2. The van der Waals surface area contributed by atoms with E-state index in [-0.39, 0.29) is 18.0 Å². The highest BCUT2D eigenvalue weighted by atomic mass is 35.5. The first kappa shape index (κ1) is 26.0. The van der Waals surface area contributed by atoms with Gasteiger partial charge in [-0.2, -0.15) is 4.98 Å². The standard InChI is InChI=1S/C32H30ClN5O2/c1-4-28(39)36-18-21(3)37(19-20(36)2)30-25-17-26(33)29-24-15-9-7-12-22(24)11-5-6-13-23-14-8-10-16-27(23)38(31(25)34-29)32(40)35-30/h4-10,12,14-17,20-21H,1,11,13,18-19H2,2-3H3/b6-5+/t20-,21+/m1/s1. The lowest BCUT2D eigenvalue weighted by Gasteiger charge is -2.44. The summed E-state index contributed by atoms with van der Waals surface area (Å²) in [6, 6.07) is 17.7. The minimum atomic E-state index is -0.408. The average molecular weight is 552 g/mol. The predicted octanol–water partition coefficient (Wildman–Crippen LogP) is 5.37. The zero-order valence-corrected chi connectivity index (χ0v) is 23.3. The van der Waals surface area contributed by atoms with Gasteiger partial charge >= 0.3 is 5.69 Å². The largest absolute Gasteiger partial charge is 0.355 e. The van der Waals surface area contributed by atoms with E-state index in [1.54, 1.807) is 9.47 Å². The Balaban J connectivity index is 1.63. The Morgan fingerprint density at radius 3 is 2.45 bits per heavy atom. The molecule has 0 saturated carbocycles. The lowest BCUT2D eigenvalue weighted by Crippen LogP contribution is -2.58. The number of hydrogen-bond acceptors (Lipinski definition) is 5. The predicted molar refractivity (Wildman–Crippen MR) is 160 cm³/mol. The van der Waals surface area contributed by atoms with Gasteiger partial charge in [-0.15, -0.1) is 0 Å². The first-order valence-electron chi connectivity index (χ1n) is 13.5. The molecule has 0 N–H and O–H groups in total. The Labute approximate surface area is 238 Å². The summed E-state index contributed by atoms with van der Waals surface area (Å²) in [5.74, 6) is 0.423. The number of fused-ring (bicyclic) bond motifs is 5. The van der Waals surface area contributed by atoms with E-state index < -0.39 is 5.69 Å². The fourth-order valence-electron chi connectivity index (χ4n) is 5.83. The first-order valence-corrected chi connectivity index (χ1v) is 13.9. The van der Waals surface area contributed by atoms with Crippen molar-refractivity contribution in [1.29, 1.82) is 0 Å². The van der Waals surface area contributed by atoms with Crippen molar-refractivity contribution in [3.8, 4) is 16.9 Å². The molecule has 0 aliphatic carbocycles. The van der Waals surface area contributed by atoms with Crippen LogP contribution in [0.15, 0.2) is 84.2 Å². The zero-order valence-electron chi connectivity index (χ0n) is 22.5. The van der Waals surface area contributed by atoms with Gasteiger partial charge in [0.2, 0.25) is 5.91 Å². The van der Waals surface area contributed by atoms with Crippen molar-refractivity contribution >= 4 is 34.4 Å². The van der Waals surface area contributed by atoms with Crippen LogP contribution in [0.2, 0.25) is 5.02 Å². The van der Waals surface area contributed by atoms with Gasteiger partial charge in [0.15, 0.2) is 5.65 Å². The number of halogens is 1. The summed E-state index contributed by atoms with van der Waals surface area (Å²) in [4.78, 5) is 40.0. The molecule has 7 nitrogen and oxygen atoms in total. The maximum atomic E-state index is 13.9. The van der Waals surface area contributed by atoms with Crippen molar-refractivity contribution in [2.75, 3.05) is 18.0 Å². The molecule has 0 radical (unpaired) electrons. The fraction of sp³-hybridized carbons (Fsp3) is 0.250. The third kappa shape index (κ3) is 4.40. The molecule has 0 spiro atoms. The van der Waals surface area contributed by atoms with E-state index in [0.717, 1.165) is 28.8 Å². The SMILES string of the molecule is C=CC(=O)N1C[C@H](C)N(c2nc(=O)n3c4nc(c(Cl)cc24)-c2ccccc2C/C=C/Cc2ccccc2-3)C[C@H]1C. The third-order valence-corrected chi connectivity index (χ3v) is 8.15. The molecule has 40 heavy (non-hydrogen) atoms. The number of amides is 1. The van der Waals surface area contributed by atoms with Crippen molar-refractivity contribution in [2.45, 2.75) is 38.8 Å². The summed E-state index contributed by atoms with van der Waals surface area (Å²) in [6.45, 7) is 8.67. The van der Waals surface area contributed by atoms with Crippen molar-refractivity contribution in [3.05, 3.63) is 106 Å². The number of anilines is 1. The summed E-state index contributed by atoms with van der Waals surface area (Å²) >= 11 is 6.97. The van der Waals surface area contributed by atoms with Crippen LogP contribution in [-0.4, -0.2) is 50.5 Å². The molecule has 202 valence electrons. The van der Waals surface area contributed by atoms with Crippen LogP contribution in [0.5, 0.6) is 0 Å². The van der Waals surface area contributed by atoms with E-state index in [1.807, 2.05) is 62.4 Å². The molecular weight excluding hydrogens is 522 g/mol. The van der Waals surface area contributed by atoms with Crippen LogP contribution in [-0.2, 0) is 17.6 Å². The molecule has 1 amide bonds. The molecule has 2 bridgehead atoms. The number of hydrogen-bond donors (Lipinski definition) is 0. The van der Waals surface area contributed by atoms with Crippen molar-refractivity contribution in [3.63, 3.8) is 0 Å². The van der Waals surface area contributed by atoms with Crippen molar-refractivity contribution < 1.29 is 4.79 Å². The molecule has 4 heterocycles. The summed E-state index contributed by atoms with van der Waals surface area (Å²) in [6.07, 6.45) is 7.04. The molecule has 8 heteroatoms. The number of para-hydroxylation sites is 1. The van der Waals surface area contributed by atoms with Gasteiger partial charge in [-0.05, 0) is 56.0 Å². The minimum Gasteiger partial charge on any atom is -0.349 e. The van der Waals surface area contributed by atoms with E-state index in [0.29, 0.717) is 47.1 Å². The van der Waals surface area contributed by atoms with Gasteiger partial charge in [0, 0.05) is 30.7 Å². The minimum absolute atomic E-state index is 0.0896. The fourth-order valence-corrected chi connectivity index (χ4v) is 6.08. The lowest BCUT2D eigenvalue weighted by atomic mass is 9.99. The van der Waals surface area contributed by atoms with Gasteiger partial charge in [-0.1, -0.05) is 72.8 Å². The molecular formula is C32H30ClN5O2. The van der Waals surface area contributed by atoms with Gasteiger partial charge in [-0.25, -0.2) is 14.3 Å². The second-order valence-electron chi connectivity index (χ2n) is 10.5. The molecule has 1 fully saturated rings. The topological polar surface area (TPSA) is 71.3 Å². The maximum Gasteiger partial charge on any atom is 0.355 e. The molecule has 2 atom stereocenters. The Hall–Kier alpha value is -4.23. The van der Waals surface area contributed by atoms with Crippen LogP contribution in [0.1, 0.15) is 25.0 Å². The highest BCUT2D eigenvalue weighted by molar-refractivity contribution is 6.34. The third-order valence-electron chi connectivity index (χ3n) is 7.86. The quantitative estimate of drug-likeness (QED) is 0.247. The molecule has 1 saturated heterocycles. The molecule has 2 aromatic heterocycles. The van der Waals surface area contributed by atoms with Crippen LogP contribution in [0.4, 0.5) is 5.82 Å². The van der Waals surface area contributed by atoms with E-state index in [9.17, 15) is 9.59 Å². The number of rotatable bonds is 2. The number of allylic oxidation sites excluding steroid dienone is 2. The summed E-state index contributed by atoms with van der Waals surface area (Å²) < 4.78 is 1.61. The highest BCUT2D eigenvalue weighted by Crippen LogP contribution is 2.36. The second kappa shape index (κ2) is 10.4. The zero-order chi connectivity index (χ0) is 28.0. The van der Waals surface area contributed by atoms with Crippen molar-refractivity contribution in [2.24, 2.45) is 0 Å². The van der Waals surface area contributed by atoms with Crippen LogP contribution in [0, 0.1) is 0 Å². The Morgan fingerprint density at radius 1 is 0.975 bits per heavy atom. The normalized spacial score (nSPS) is 19.4.